The summed E-state index contributed by atoms with van der Waals surface area (Å²) >= 11 is 0. The summed E-state index contributed by atoms with van der Waals surface area (Å²) < 4.78 is 5.85. The van der Waals surface area contributed by atoms with Gasteiger partial charge in [0.05, 0.1) is 5.69 Å². The van der Waals surface area contributed by atoms with Gasteiger partial charge in [0, 0.05) is 23.7 Å². The Balaban J connectivity index is 2.08. The number of hydrogen-bond donors (Lipinski definition) is 0. The molecule has 3 heterocycles. The van der Waals surface area contributed by atoms with Crippen LogP contribution in [-0.2, 0) is 12.8 Å². The van der Waals surface area contributed by atoms with Gasteiger partial charge in [0.15, 0.2) is 0 Å². The van der Waals surface area contributed by atoms with E-state index in [1.165, 1.54) is 0 Å². The highest BCUT2D eigenvalue weighted by Gasteiger charge is 2.15. The summed E-state index contributed by atoms with van der Waals surface area (Å²) in [5.74, 6) is 1.77. The Morgan fingerprint density at radius 3 is 3.00 bits per heavy atom. The average Bonchev–Trinajstić information content (AvgIpc) is 2.48. The minimum atomic E-state index is 0.871. The minimum absolute atomic E-state index is 0.871. The van der Waals surface area contributed by atoms with Gasteiger partial charge in [-0.3, -0.25) is 9.97 Å². The number of nitrogens with zero attached hydrogens (tertiary/aromatic N) is 2. The van der Waals surface area contributed by atoms with Crippen LogP contribution >= 0.6 is 0 Å². The first-order valence-corrected chi connectivity index (χ1v) is 5.40. The number of rotatable bonds is 0. The van der Waals surface area contributed by atoms with E-state index < -0.39 is 0 Å². The summed E-state index contributed by atoms with van der Waals surface area (Å²) in [7, 11) is 0. The first-order valence-electron chi connectivity index (χ1n) is 5.40. The molecule has 3 heteroatoms. The molecule has 1 aliphatic rings. The largest absolute Gasteiger partial charge is 0.455 e. The van der Waals surface area contributed by atoms with Crippen LogP contribution < -0.4 is 4.74 Å². The fourth-order valence-electron chi connectivity index (χ4n) is 1.94. The summed E-state index contributed by atoms with van der Waals surface area (Å²) in [6.07, 6.45) is 5.47. The molecule has 0 atom stereocenters. The second kappa shape index (κ2) is 3.59. The maximum atomic E-state index is 5.85. The lowest BCUT2D eigenvalue weighted by Gasteiger charge is -2.07. The van der Waals surface area contributed by atoms with Crippen LogP contribution in [0.5, 0.6) is 11.5 Å². The number of pyridine rings is 2. The zero-order valence-corrected chi connectivity index (χ0v) is 9.10. The van der Waals surface area contributed by atoms with Crippen LogP contribution in [-0.4, -0.2) is 9.97 Å². The third-order valence-electron chi connectivity index (χ3n) is 2.78. The molecule has 3 rings (SSSR count). The van der Waals surface area contributed by atoms with Crippen molar-refractivity contribution < 1.29 is 4.74 Å². The lowest BCUT2D eigenvalue weighted by Crippen LogP contribution is -1.94. The van der Waals surface area contributed by atoms with Crippen molar-refractivity contribution in [2.45, 2.75) is 19.8 Å². The van der Waals surface area contributed by atoms with E-state index in [1.807, 2.05) is 31.3 Å². The fourth-order valence-corrected chi connectivity index (χ4v) is 1.94. The second-order valence-corrected chi connectivity index (χ2v) is 3.98. The molecule has 0 spiro atoms. The van der Waals surface area contributed by atoms with Gasteiger partial charge in [0.25, 0.3) is 0 Å². The molecule has 2 aromatic heterocycles. The van der Waals surface area contributed by atoms with Crippen molar-refractivity contribution in [2.24, 2.45) is 0 Å². The molecule has 0 N–H and O–H groups in total. The number of fused-ring (bicyclic) bond motifs is 2. The molecule has 1 aliphatic heterocycles. The van der Waals surface area contributed by atoms with Gasteiger partial charge in [-0.2, -0.15) is 0 Å². The fraction of sp³-hybridized carbons (Fsp3) is 0.231. The molecule has 2 aromatic rings. The van der Waals surface area contributed by atoms with Crippen molar-refractivity contribution in [3.05, 3.63) is 47.5 Å². The van der Waals surface area contributed by atoms with Crippen molar-refractivity contribution in [2.75, 3.05) is 0 Å². The quantitative estimate of drug-likeness (QED) is 0.673. The Morgan fingerprint density at radius 1 is 1.12 bits per heavy atom. The molecule has 0 aliphatic carbocycles. The van der Waals surface area contributed by atoms with Crippen molar-refractivity contribution >= 4 is 0 Å². The van der Waals surface area contributed by atoms with Crippen LogP contribution in [0.2, 0.25) is 0 Å². The summed E-state index contributed by atoms with van der Waals surface area (Å²) in [6, 6.07) is 5.88. The van der Waals surface area contributed by atoms with Crippen molar-refractivity contribution in [3.63, 3.8) is 0 Å². The standard InChI is InChI=1S/C13H12N2O/c1-9-2-5-13-11(15-9)4-3-10-8-14-7-6-12(10)16-13/h2,5-8H,3-4H2,1H3. The Hall–Kier alpha value is -1.90. The second-order valence-electron chi connectivity index (χ2n) is 3.98. The molecule has 0 aromatic carbocycles. The van der Waals surface area contributed by atoms with Gasteiger partial charge in [-0.05, 0) is 38.0 Å². The van der Waals surface area contributed by atoms with Gasteiger partial charge in [0.2, 0.25) is 0 Å². The Bertz CT molecular complexity index is 537. The van der Waals surface area contributed by atoms with Gasteiger partial charge in [-0.15, -0.1) is 0 Å². The van der Waals surface area contributed by atoms with Crippen LogP contribution in [0.3, 0.4) is 0 Å². The molecule has 0 saturated heterocycles. The van der Waals surface area contributed by atoms with E-state index in [-0.39, 0.29) is 0 Å². The predicted octanol–water partition coefficient (Wildman–Crippen LogP) is 2.68. The molecule has 0 radical (unpaired) electrons. The maximum Gasteiger partial charge on any atom is 0.148 e. The molecule has 0 saturated carbocycles. The molecule has 16 heavy (non-hydrogen) atoms. The normalized spacial score (nSPS) is 13.3. The van der Waals surface area contributed by atoms with E-state index in [1.54, 1.807) is 6.20 Å². The number of hydrogen-bond acceptors (Lipinski definition) is 3. The molecule has 0 unspecified atom stereocenters. The van der Waals surface area contributed by atoms with Crippen molar-refractivity contribution in [1.29, 1.82) is 0 Å². The van der Waals surface area contributed by atoms with E-state index in [9.17, 15) is 0 Å². The maximum absolute atomic E-state index is 5.85. The number of ether oxygens (including phenoxy) is 1. The highest BCUT2D eigenvalue weighted by atomic mass is 16.5. The SMILES string of the molecule is Cc1ccc2c(n1)CCc1cnccc1O2. The minimum Gasteiger partial charge on any atom is -0.455 e. The van der Waals surface area contributed by atoms with Crippen LogP contribution in [0.25, 0.3) is 0 Å². The third-order valence-corrected chi connectivity index (χ3v) is 2.78. The van der Waals surface area contributed by atoms with Gasteiger partial charge in [-0.25, -0.2) is 0 Å². The first kappa shape index (κ1) is 9.33. The Kier molecular flexibility index (Phi) is 2.10. The van der Waals surface area contributed by atoms with E-state index in [2.05, 4.69) is 9.97 Å². The Labute approximate surface area is 94.1 Å². The third kappa shape index (κ3) is 1.54. The smallest absolute Gasteiger partial charge is 0.148 e. The van der Waals surface area contributed by atoms with Gasteiger partial charge < -0.3 is 4.74 Å². The van der Waals surface area contributed by atoms with Crippen LogP contribution in [0.15, 0.2) is 30.6 Å². The summed E-state index contributed by atoms with van der Waals surface area (Å²) in [6.45, 7) is 2.00. The van der Waals surface area contributed by atoms with Gasteiger partial charge in [-0.1, -0.05) is 0 Å². The molecule has 0 bridgehead atoms. The van der Waals surface area contributed by atoms with E-state index in [4.69, 9.17) is 4.74 Å². The van der Waals surface area contributed by atoms with E-state index in [0.29, 0.717) is 0 Å². The number of aryl methyl sites for hydroxylation is 3. The molecule has 0 fully saturated rings. The van der Waals surface area contributed by atoms with Gasteiger partial charge >= 0.3 is 0 Å². The highest BCUT2D eigenvalue weighted by molar-refractivity contribution is 5.41. The summed E-state index contributed by atoms with van der Waals surface area (Å²) in [4.78, 5) is 8.63. The monoisotopic (exact) mass is 212 g/mol. The topological polar surface area (TPSA) is 35.0 Å². The average molecular weight is 212 g/mol. The zero-order valence-electron chi connectivity index (χ0n) is 9.10. The van der Waals surface area contributed by atoms with E-state index >= 15 is 0 Å². The highest BCUT2D eigenvalue weighted by Crippen LogP contribution is 2.31. The summed E-state index contributed by atoms with van der Waals surface area (Å²) in [5.41, 5.74) is 3.22. The van der Waals surface area contributed by atoms with Crippen LogP contribution in [0, 0.1) is 6.92 Å². The first-order chi connectivity index (χ1) is 7.83. The lowest BCUT2D eigenvalue weighted by molar-refractivity contribution is 0.475. The molecular weight excluding hydrogens is 200 g/mol. The molecule has 3 nitrogen and oxygen atoms in total. The molecule has 80 valence electrons. The summed E-state index contributed by atoms with van der Waals surface area (Å²) in [5, 5.41) is 0. The lowest BCUT2D eigenvalue weighted by atomic mass is 10.1. The predicted molar refractivity (Wildman–Crippen MR) is 60.7 cm³/mol. The van der Waals surface area contributed by atoms with Crippen molar-refractivity contribution in [1.82, 2.24) is 9.97 Å². The molecular formula is C13H12N2O. The Morgan fingerprint density at radius 2 is 2.06 bits per heavy atom. The zero-order chi connectivity index (χ0) is 11.0. The molecule has 0 amide bonds. The van der Waals surface area contributed by atoms with Crippen LogP contribution in [0.1, 0.15) is 17.0 Å². The van der Waals surface area contributed by atoms with Crippen LogP contribution in [0.4, 0.5) is 0 Å². The van der Waals surface area contributed by atoms with Crippen molar-refractivity contribution in [3.8, 4) is 11.5 Å². The van der Waals surface area contributed by atoms with E-state index in [0.717, 1.165) is 41.3 Å². The number of aromatic nitrogens is 2. The van der Waals surface area contributed by atoms with Gasteiger partial charge in [0.1, 0.15) is 11.5 Å².